The topological polar surface area (TPSA) is 98.0 Å². The third kappa shape index (κ3) is 1.43. The van der Waals surface area contributed by atoms with Gasteiger partial charge in [-0.25, -0.2) is 0 Å². The van der Waals surface area contributed by atoms with Gasteiger partial charge in [-0.1, -0.05) is 18.2 Å². The lowest BCUT2D eigenvalue weighted by molar-refractivity contribution is 0.0880. The van der Waals surface area contributed by atoms with Gasteiger partial charge in [-0.3, -0.25) is 14.9 Å². The van der Waals surface area contributed by atoms with Crippen LogP contribution in [0.5, 0.6) is 5.75 Å². The number of carbonyl (C=O) groups is 2. The molecule has 124 valence electrons. The summed E-state index contributed by atoms with van der Waals surface area (Å²) in [7, 11) is 0. The smallest absolute Gasteiger partial charge is 0.259 e. The predicted molar refractivity (Wildman–Crippen MR) is 98.6 cm³/mol. The number of fused-ring (bicyclic) bond motifs is 10. The Bertz CT molecular complexity index is 1460. The van der Waals surface area contributed by atoms with E-state index in [2.05, 4.69) is 15.3 Å². The van der Waals surface area contributed by atoms with Crippen molar-refractivity contribution in [3.05, 3.63) is 53.6 Å². The molecule has 0 bridgehead atoms. The fourth-order valence-corrected chi connectivity index (χ4v) is 4.15. The van der Waals surface area contributed by atoms with Crippen molar-refractivity contribution in [3.8, 4) is 5.75 Å². The molecule has 2 aromatic heterocycles. The number of hydrogen-bond donors (Lipinski definition) is 4. The molecular weight excluding hydrogens is 330 g/mol. The second kappa shape index (κ2) is 4.23. The number of nitrogens with one attached hydrogen (secondary N) is 3. The lowest BCUT2D eigenvalue weighted by Gasteiger charge is -2.02. The highest BCUT2D eigenvalue weighted by atomic mass is 16.3. The van der Waals surface area contributed by atoms with Crippen molar-refractivity contribution >= 4 is 55.4 Å². The van der Waals surface area contributed by atoms with Crippen LogP contribution in [0.3, 0.4) is 0 Å². The number of para-hydroxylation sites is 1. The van der Waals surface area contributed by atoms with Gasteiger partial charge in [0, 0.05) is 33.1 Å². The number of phenols is 1. The molecule has 0 aliphatic carbocycles. The van der Waals surface area contributed by atoms with Crippen molar-refractivity contribution in [3.63, 3.8) is 0 Å². The molecule has 2 amide bonds. The van der Waals surface area contributed by atoms with Gasteiger partial charge in [0.25, 0.3) is 11.8 Å². The molecule has 0 radical (unpaired) electrons. The normalized spacial score (nSPS) is 14.0. The van der Waals surface area contributed by atoms with Crippen molar-refractivity contribution in [1.82, 2.24) is 15.3 Å². The van der Waals surface area contributed by atoms with Gasteiger partial charge in [0.15, 0.2) is 0 Å². The molecule has 3 heterocycles. The van der Waals surface area contributed by atoms with Crippen molar-refractivity contribution in [1.29, 1.82) is 0 Å². The Morgan fingerprint density at radius 1 is 0.731 bits per heavy atom. The largest absolute Gasteiger partial charge is 0.508 e. The molecule has 1 aliphatic rings. The molecule has 0 unspecified atom stereocenters. The Labute approximate surface area is 145 Å². The Balaban J connectivity index is 2.01. The van der Waals surface area contributed by atoms with Crippen molar-refractivity contribution in [2.75, 3.05) is 0 Å². The summed E-state index contributed by atoms with van der Waals surface area (Å²) in [5.74, 6) is -0.639. The number of imide groups is 1. The minimum Gasteiger partial charge on any atom is -0.508 e. The van der Waals surface area contributed by atoms with E-state index >= 15 is 0 Å². The van der Waals surface area contributed by atoms with Crippen LogP contribution >= 0.6 is 0 Å². The number of benzene rings is 3. The van der Waals surface area contributed by atoms with Gasteiger partial charge in [0.05, 0.1) is 27.7 Å². The monoisotopic (exact) mass is 341 g/mol. The molecular formula is C20H11N3O3. The molecule has 0 spiro atoms. The van der Waals surface area contributed by atoms with E-state index in [0.29, 0.717) is 22.0 Å². The highest BCUT2D eigenvalue weighted by molar-refractivity contribution is 6.39. The molecule has 0 fully saturated rings. The lowest BCUT2D eigenvalue weighted by Crippen LogP contribution is -2.20. The Morgan fingerprint density at radius 2 is 1.35 bits per heavy atom. The van der Waals surface area contributed by atoms with E-state index in [4.69, 9.17) is 0 Å². The number of amides is 2. The van der Waals surface area contributed by atoms with Gasteiger partial charge in [0.1, 0.15) is 5.75 Å². The first-order valence-electron chi connectivity index (χ1n) is 8.20. The molecule has 3 aromatic carbocycles. The van der Waals surface area contributed by atoms with Gasteiger partial charge < -0.3 is 15.1 Å². The first-order valence-corrected chi connectivity index (χ1v) is 8.20. The van der Waals surface area contributed by atoms with Gasteiger partial charge in [-0.05, 0) is 18.2 Å². The summed E-state index contributed by atoms with van der Waals surface area (Å²) in [4.78, 5) is 31.9. The molecule has 4 N–H and O–H groups in total. The van der Waals surface area contributed by atoms with E-state index < -0.39 is 5.91 Å². The van der Waals surface area contributed by atoms with Crippen LogP contribution in [0.1, 0.15) is 20.7 Å². The highest BCUT2D eigenvalue weighted by Crippen LogP contribution is 2.42. The summed E-state index contributed by atoms with van der Waals surface area (Å²) in [6, 6.07) is 12.7. The van der Waals surface area contributed by atoms with Crippen LogP contribution < -0.4 is 5.32 Å². The SMILES string of the molecule is O=C1NC(=O)c2c1c1c3ccccc3[nH]c1c1[nH]c3cc(O)ccc3c21. The average molecular weight is 341 g/mol. The Morgan fingerprint density at radius 3 is 2.08 bits per heavy atom. The number of aromatic amines is 2. The molecule has 6 heteroatoms. The van der Waals surface area contributed by atoms with Crippen molar-refractivity contribution in [2.45, 2.75) is 0 Å². The standard InChI is InChI=1S/C20H11N3O3/c24-8-5-6-10-12(7-8)22-18-14(10)16-15(19(25)23-20(16)26)13-9-3-1-2-4-11(9)21-17(13)18/h1-7,21-22,24H,(H,23,25,26). The number of carbonyl (C=O) groups excluding carboxylic acids is 2. The van der Waals surface area contributed by atoms with Crippen LogP contribution in [0.2, 0.25) is 0 Å². The number of hydrogen-bond acceptors (Lipinski definition) is 3. The van der Waals surface area contributed by atoms with E-state index in [1.165, 1.54) is 0 Å². The van der Waals surface area contributed by atoms with Gasteiger partial charge in [0.2, 0.25) is 0 Å². The van der Waals surface area contributed by atoms with Gasteiger partial charge in [-0.15, -0.1) is 0 Å². The van der Waals surface area contributed by atoms with E-state index in [0.717, 1.165) is 32.7 Å². The van der Waals surface area contributed by atoms with Crippen LogP contribution in [0, 0.1) is 0 Å². The number of H-pyrrole nitrogens is 2. The molecule has 26 heavy (non-hydrogen) atoms. The summed E-state index contributed by atoms with van der Waals surface area (Å²) in [6.45, 7) is 0. The third-order valence-electron chi connectivity index (χ3n) is 5.17. The lowest BCUT2D eigenvalue weighted by atomic mass is 9.97. The molecule has 6 rings (SSSR count). The predicted octanol–water partition coefficient (Wildman–Crippen LogP) is 3.54. The van der Waals surface area contributed by atoms with E-state index in [9.17, 15) is 14.7 Å². The van der Waals surface area contributed by atoms with Gasteiger partial charge >= 0.3 is 0 Å². The Kier molecular flexibility index (Phi) is 2.20. The second-order valence-corrected chi connectivity index (χ2v) is 6.56. The first kappa shape index (κ1) is 13.5. The molecule has 1 aliphatic heterocycles. The van der Waals surface area contributed by atoms with Crippen LogP contribution in [-0.4, -0.2) is 26.9 Å². The van der Waals surface area contributed by atoms with Crippen LogP contribution in [-0.2, 0) is 0 Å². The summed E-state index contributed by atoms with van der Waals surface area (Å²) in [5.41, 5.74) is 3.93. The zero-order valence-corrected chi connectivity index (χ0v) is 13.3. The fraction of sp³-hybridized carbons (Fsp3) is 0. The van der Waals surface area contributed by atoms with E-state index in [-0.39, 0.29) is 11.7 Å². The van der Waals surface area contributed by atoms with Crippen molar-refractivity contribution in [2.24, 2.45) is 0 Å². The van der Waals surface area contributed by atoms with Crippen LogP contribution in [0.4, 0.5) is 0 Å². The molecule has 0 saturated carbocycles. The zero-order chi connectivity index (χ0) is 17.6. The molecule has 0 saturated heterocycles. The fourth-order valence-electron chi connectivity index (χ4n) is 4.15. The van der Waals surface area contributed by atoms with E-state index in [1.54, 1.807) is 18.2 Å². The second-order valence-electron chi connectivity index (χ2n) is 6.56. The van der Waals surface area contributed by atoms with Crippen molar-refractivity contribution < 1.29 is 14.7 Å². The maximum atomic E-state index is 12.6. The molecule has 5 aromatic rings. The number of rotatable bonds is 0. The highest BCUT2D eigenvalue weighted by Gasteiger charge is 2.34. The minimum atomic E-state index is -0.392. The summed E-state index contributed by atoms with van der Waals surface area (Å²) < 4.78 is 0. The van der Waals surface area contributed by atoms with Crippen LogP contribution in [0.15, 0.2) is 42.5 Å². The number of aromatic nitrogens is 2. The quantitative estimate of drug-likeness (QED) is 0.324. The minimum absolute atomic E-state index is 0.133. The summed E-state index contributed by atoms with van der Waals surface area (Å²) >= 11 is 0. The van der Waals surface area contributed by atoms with Crippen LogP contribution in [0.25, 0.3) is 43.6 Å². The first-order chi connectivity index (χ1) is 12.6. The van der Waals surface area contributed by atoms with Gasteiger partial charge in [-0.2, -0.15) is 0 Å². The third-order valence-corrected chi connectivity index (χ3v) is 5.17. The number of aromatic hydroxyl groups is 1. The maximum Gasteiger partial charge on any atom is 0.259 e. The summed E-state index contributed by atoms with van der Waals surface area (Å²) in [5, 5.41) is 15.4. The maximum absolute atomic E-state index is 12.6. The zero-order valence-electron chi connectivity index (χ0n) is 13.3. The molecule has 6 nitrogen and oxygen atoms in total. The average Bonchev–Trinajstić information content (AvgIpc) is 3.25. The van der Waals surface area contributed by atoms with E-state index in [1.807, 2.05) is 24.3 Å². The summed E-state index contributed by atoms with van der Waals surface area (Å²) in [6.07, 6.45) is 0. The molecule has 0 atom stereocenters. The number of phenolic OH excluding ortho intramolecular Hbond substituents is 1. The Hall–Kier alpha value is -3.80.